The molecule has 0 unspecified atom stereocenters. The van der Waals surface area contributed by atoms with Crippen LogP contribution in [0.25, 0.3) is 0 Å². The zero-order valence-electron chi connectivity index (χ0n) is 16.6. The highest BCUT2D eigenvalue weighted by Gasteiger charge is 2.38. The van der Waals surface area contributed by atoms with Gasteiger partial charge in [0, 0.05) is 38.8 Å². The van der Waals surface area contributed by atoms with E-state index >= 15 is 0 Å². The molecule has 3 rings (SSSR count). The molecule has 0 bridgehead atoms. The third-order valence-electron chi connectivity index (χ3n) is 6.64. The van der Waals surface area contributed by atoms with Crippen LogP contribution in [0.4, 0.5) is 0 Å². The van der Waals surface area contributed by atoms with Gasteiger partial charge in [-0.05, 0) is 25.7 Å². The van der Waals surface area contributed by atoms with Crippen molar-refractivity contribution in [3.05, 3.63) is 0 Å². The van der Waals surface area contributed by atoms with E-state index in [-0.39, 0.29) is 5.54 Å². The molecule has 2 aliphatic carbocycles. The highest BCUT2D eigenvalue weighted by molar-refractivity contribution is 5.79. The van der Waals surface area contributed by atoms with Gasteiger partial charge in [-0.3, -0.25) is 9.89 Å². The van der Waals surface area contributed by atoms with Crippen LogP contribution in [0.1, 0.15) is 64.2 Å². The van der Waals surface area contributed by atoms with Gasteiger partial charge in [0.2, 0.25) is 0 Å². The Kier molecular flexibility index (Phi) is 7.18. The van der Waals surface area contributed by atoms with Crippen molar-refractivity contribution in [1.29, 1.82) is 0 Å². The number of morpholine rings is 1. The molecule has 6 nitrogen and oxygen atoms in total. The first kappa shape index (κ1) is 19.9. The highest BCUT2D eigenvalue weighted by Crippen LogP contribution is 2.34. The van der Waals surface area contributed by atoms with Crippen LogP contribution in [-0.2, 0) is 4.74 Å². The summed E-state index contributed by atoms with van der Waals surface area (Å²) in [6, 6.07) is 0. The van der Waals surface area contributed by atoms with E-state index in [4.69, 9.17) is 4.74 Å². The Labute approximate surface area is 158 Å². The zero-order chi connectivity index (χ0) is 18.3. The molecule has 0 amide bonds. The highest BCUT2D eigenvalue weighted by atomic mass is 16.5. The summed E-state index contributed by atoms with van der Waals surface area (Å²) in [5.74, 6) is 0.821. The van der Waals surface area contributed by atoms with E-state index in [1.54, 1.807) is 0 Å². The van der Waals surface area contributed by atoms with Gasteiger partial charge in [-0.15, -0.1) is 0 Å². The summed E-state index contributed by atoms with van der Waals surface area (Å²) < 4.78 is 5.57. The molecule has 1 aliphatic heterocycles. The molecule has 2 saturated carbocycles. The zero-order valence-corrected chi connectivity index (χ0v) is 16.6. The second-order valence-corrected chi connectivity index (χ2v) is 8.45. The second kappa shape index (κ2) is 9.38. The van der Waals surface area contributed by atoms with Crippen LogP contribution in [-0.4, -0.2) is 73.5 Å². The molecule has 6 heteroatoms. The van der Waals surface area contributed by atoms with E-state index in [1.807, 2.05) is 7.05 Å². The van der Waals surface area contributed by atoms with Crippen molar-refractivity contribution in [1.82, 2.24) is 15.5 Å². The number of hydrogen-bond donors (Lipinski definition) is 3. The van der Waals surface area contributed by atoms with Crippen molar-refractivity contribution in [3.8, 4) is 0 Å². The summed E-state index contributed by atoms with van der Waals surface area (Å²) in [4.78, 5) is 7.05. The van der Waals surface area contributed by atoms with Crippen molar-refractivity contribution in [2.24, 2.45) is 4.99 Å². The number of ether oxygens (including phenoxy) is 1. The maximum atomic E-state index is 10.7. The quantitative estimate of drug-likeness (QED) is 0.512. The summed E-state index contributed by atoms with van der Waals surface area (Å²) >= 11 is 0. The van der Waals surface area contributed by atoms with Crippen LogP contribution in [0.2, 0.25) is 0 Å². The number of aliphatic imine (C=N–C) groups is 1. The van der Waals surface area contributed by atoms with Crippen LogP contribution >= 0.6 is 0 Å². The molecule has 3 fully saturated rings. The van der Waals surface area contributed by atoms with Gasteiger partial charge < -0.3 is 20.5 Å². The third-order valence-corrected chi connectivity index (χ3v) is 6.64. The minimum atomic E-state index is -0.567. The van der Waals surface area contributed by atoms with Crippen molar-refractivity contribution in [2.45, 2.75) is 75.3 Å². The number of rotatable bonds is 5. The molecular formula is C20H38N4O2. The Morgan fingerprint density at radius 1 is 0.923 bits per heavy atom. The maximum Gasteiger partial charge on any atom is 0.191 e. The lowest BCUT2D eigenvalue weighted by Gasteiger charge is -2.48. The second-order valence-electron chi connectivity index (χ2n) is 8.45. The summed E-state index contributed by atoms with van der Waals surface area (Å²) in [6.45, 7) is 5.28. The minimum absolute atomic E-state index is 0.224. The predicted octanol–water partition coefficient (Wildman–Crippen LogP) is 1.88. The van der Waals surface area contributed by atoms with Crippen LogP contribution in [0, 0.1) is 0 Å². The van der Waals surface area contributed by atoms with Crippen LogP contribution in [0.15, 0.2) is 4.99 Å². The molecule has 0 aromatic rings. The third kappa shape index (κ3) is 5.11. The largest absolute Gasteiger partial charge is 0.388 e. The fraction of sp³-hybridized carbons (Fsp3) is 0.950. The predicted molar refractivity (Wildman–Crippen MR) is 106 cm³/mol. The lowest BCUT2D eigenvalue weighted by molar-refractivity contribution is -0.0353. The Hall–Kier alpha value is -0.850. The molecule has 0 radical (unpaired) electrons. The summed E-state index contributed by atoms with van der Waals surface area (Å²) in [6.07, 6.45) is 11.8. The Morgan fingerprint density at radius 3 is 2.12 bits per heavy atom. The molecule has 0 spiro atoms. The molecule has 1 heterocycles. The summed E-state index contributed by atoms with van der Waals surface area (Å²) in [5.41, 5.74) is -0.343. The standard InChI is InChI=1S/C20H38N4O2/c1-21-18(23-17-20(25)10-6-3-7-11-20)22-16-19(8-4-2-5-9-19)24-12-14-26-15-13-24/h25H,2-17H2,1H3,(H2,21,22,23). The van der Waals surface area contributed by atoms with Gasteiger partial charge in [0.25, 0.3) is 0 Å². The smallest absolute Gasteiger partial charge is 0.191 e. The van der Waals surface area contributed by atoms with E-state index in [9.17, 15) is 5.11 Å². The molecule has 3 aliphatic rings. The lowest BCUT2D eigenvalue weighted by Crippen LogP contribution is -2.61. The van der Waals surface area contributed by atoms with Crippen LogP contribution in [0.3, 0.4) is 0 Å². The minimum Gasteiger partial charge on any atom is -0.388 e. The SMILES string of the molecule is CN=C(NCC1(O)CCCCC1)NCC1(N2CCOCC2)CCCCC1. The maximum absolute atomic E-state index is 10.7. The van der Waals surface area contributed by atoms with Crippen molar-refractivity contribution >= 4 is 5.96 Å². The summed E-state index contributed by atoms with van der Waals surface area (Å²) in [5, 5.41) is 17.7. The van der Waals surface area contributed by atoms with E-state index in [1.165, 1.54) is 38.5 Å². The van der Waals surface area contributed by atoms with Gasteiger partial charge in [-0.25, -0.2) is 0 Å². The summed E-state index contributed by atoms with van der Waals surface area (Å²) in [7, 11) is 1.82. The molecule has 150 valence electrons. The first-order chi connectivity index (χ1) is 12.7. The van der Waals surface area contributed by atoms with Gasteiger partial charge in [0.15, 0.2) is 5.96 Å². The number of guanidine groups is 1. The fourth-order valence-corrected chi connectivity index (χ4v) is 4.96. The first-order valence-electron chi connectivity index (χ1n) is 10.7. The van der Waals surface area contributed by atoms with Gasteiger partial charge >= 0.3 is 0 Å². The van der Waals surface area contributed by atoms with E-state index < -0.39 is 5.60 Å². The normalized spacial score (nSPS) is 27.1. The monoisotopic (exact) mass is 366 g/mol. The van der Waals surface area contributed by atoms with Crippen molar-refractivity contribution < 1.29 is 9.84 Å². The topological polar surface area (TPSA) is 69.1 Å². The number of hydrogen-bond acceptors (Lipinski definition) is 4. The molecule has 0 aromatic heterocycles. The first-order valence-corrected chi connectivity index (χ1v) is 10.7. The number of aliphatic hydroxyl groups is 1. The molecule has 3 N–H and O–H groups in total. The van der Waals surface area contributed by atoms with Gasteiger partial charge in [-0.2, -0.15) is 0 Å². The Bertz CT molecular complexity index is 451. The molecule has 0 aromatic carbocycles. The average molecular weight is 367 g/mol. The molecule has 26 heavy (non-hydrogen) atoms. The van der Waals surface area contributed by atoms with Gasteiger partial charge in [0.1, 0.15) is 0 Å². The molecular weight excluding hydrogens is 328 g/mol. The van der Waals surface area contributed by atoms with E-state index in [0.717, 1.165) is 64.5 Å². The van der Waals surface area contributed by atoms with Crippen molar-refractivity contribution in [3.63, 3.8) is 0 Å². The fourth-order valence-electron chi connectivity index (χ4n) is 4.96. The van der Waals surface area contributed by atoms with Gasteiger partial charge in [0.05, 0.1) is 18.8 Å². The van der Waals surface area contributed by atoms with Gasteiger partial charge in [-0.1, -0.05) is 38.5 Å². The molecule has 0 atom stereocenters. The van der Waals surface area contributed by atoms with Crippen LogP contribution < -0.4 is 10.6 Å². The Morgan fingerprint density at radius 2 is 1.50 bits per heavy atom. The average Bonchev–Trinajstić information content (AvgIpc) is 2.70. The number of nitrogens with zero attached hydrogens (tertiary/aromatic N) is 2. The van der Waals surface area contributed by atoms with E-state index in [2.05, 4.69) is 20.5 Å². The number of nitrogens with one attached hydrogen (secondary N) is 2. The Balaban J connectivity index is 1.54. The van der Waals surface area contributed by atoms with Crippen LogP contribution in [0.5, 0.6) is 0 Å². The molecule has 1 saturated heterocycles. The van der Waals surface area contributed by atoms with E-state index in [0.29, 0.717) is 6.54 Å². The lowest BCUT2D eigenvalue weighted by atomic mass is 9.79. The van der Waals surface area contributed by atoms with Crippen molar-refractivity contribution in [2.75, 3.05) is 46.4 Å².